The van der Waals surface area contributed by atoms with Crippen LogP contribution in [0.5, 0.6) is 0 Å². The van der Waals surface area contributed by atoms with Gasteiger partial charge in [-0.15, -0.1) is 0 Å². The van der Waals surface area contributed by atoms with Crippen LogP contribution in [0.1, 0.15) is 12.0 Å². The third kappa shape index (κ3) is 4.13. The number of carboxylic acid groups (broad SMARTS) is 1. The van der Waals surface area contributed by atoms with Crippen LogP contribution in [-0.4, -0.2) is 30.8 Å². The Hall–Kier alpha value is -2.06. The summed E-state index contributed by atoms with van der Waals surface area (Å²) in [6.45, 7) is 0.375. The lowest BCUT2D eigenvalue weighted by Gasteiger charge is -2.15. The molecule has 0 amide bonds. The summed E-state index contributed by atoms with van der Waals surface area (Å²) in [5, 5.41) is 20.5. The molecule has 0 aliphatic carbocycles. The van der Waals surface area contributed by atoms with Crippen molar-refractivity contribution in [2.45, 2.75) is 12.5 Å². The zero-order valence-electron chi connectivity index (χ0n) is 9.51. The Balaban J connectivity index is 2.65. The van der Waals surface area contributed by atoms with E-state index in [-0.39, 0.29) is 0 Å². The van der Waals surface area contributed by atoms with Crippen LogP contribution < -0.4 is 5.32 Å². The molecular weight excluding hydrogens is 220 g/mol. The third-order valence-electron chi connectivity index (χ3n) is 2.26. The predicted molar refractivity (Wildman–Crippen MR) is 62.7 cm³/mol. The molecule has 90 valence electrons. The second-order valence-corrected chi connectivity index (χ2v) is 3.51. The highest BCUT2D eigenvalue weighted by molar-refractivity contribution is 5.77. The fraction of sp³-hybridized carbons (Fsp3) is 0.333. The summed E-state index contributed by atoms with van der Waals surface area (Å²) in [6.07, 6.45) is 0.381. The number of hydrogen-bond donors (Lipinski definition) is 2. The van der Waals surface area contributed by atoms with Crippen molar-refractivity contribution in [1.82, 2.24) is 0 Å². The van der Waals surface area contributed by atoms with Crippen molar-refractivity contribution in [3.05, 3.63) is 29.8 Å². The van der Waals surface area contributed by atoms with Crippen LogP contribution in [0, 0.1) is 11.3 Å². The van der Waals surface area contributed by atoms with Gasteiger partial charge in [0.2, 0.25) is 0 Å². The lowest BCUT2D eigenvalue weighted by atomic mass is 10.1. The van der Waals surface area contributed by atoms with E-state index in [1.807, 2.05) is 6.07 Å². The molecule has 0 aromatic heterocycles. The summed E-state index contributed by atoms with van der Waals surface area (Å²) in [5.41, 5.74) is 1.21. The van der Waals surface area contributed by atoms with Crippen molar-refractivity contribution in [2.24, 2.45) is 0 Å². The Morgan fingerprint density at radius 3 is 2.65 bits per heavy atom. The van der Waals surface area contributed by atoms with E-state index in [4.69, 9.17) is 15.1 Å². The number of carbonyl (C=O) groups is 1. The number of nitrogens with one attached hydrogen (secondary N) is 1. The molecule has 0 saturated carbocycles. The number of nitrogens with zero attached hydrogens (tertiary/aromatic N) is 1. The van der Waals surface area contributed by atoms with Gasteiger partial charge >= 0.3 is 5.97 Å². The molecule has 1 atom stereocenters. The highest BCUT2D eigenvalue weighted by Gasteiger charge is 2.16. The van der Waals surface area contributed by atoms with Gasteiger partial charge in [0.15, 0.2) is 0 Å². The van der Waals surface area contributed by atoms with Crippen LogP contribution in [0.3, 0.4) is 0 Å². The quantitative estimate of drug-likeness (QED) is 0.778. The van der Waals surface area contributed by atoms with Crippen LogP contribution >= 0.6 is 0 Å². The Labute approximate surface area is 99.6 Å². The van der Waals surface area contributed by atoms with Gasteiger partial charge in [-0.05, 0) is 24.3 Å². The van der Waals surface area contributed by atoms with Gasteiger partial charge in [-0.25, -0.2) is 4.79 Å². The molecule has 0 aliphatic heterocycles. The number of anilines is 1. The number of carboxylic acids is 1. The first-order valence-electron chi connectivity index (χ1n) is 5.16. The van der Waals surface area contributed by atoms with Crippen molar-refractivity contribution in [2.75, 3.05) is 19.0 Å². The summed E-state index contributed by atoms with van der Waals surface area (Å²) in [6, 6.07) is 7.95. The van der Waals surface area contributed by atoms with Crippen LogP contribution in [0.2, 0.25) is 0 Å². The minimum atomic E-state index is -0.925. The van der Waals surface area contributed by atoms with Crippen molar-refractivity contribution in [1.29, 1.82) is 5.26 Å². The average Bonchev–Trinajstić information content (AvgIpc) is 2.35. The predicted octanol–water partition coefficient (Wildman–Crippen LogP) is 1.46. The first-order chi connectivity index (χ1) is 8.17. The molecule has 0 radical (unpaired) electrons. The Kier molecular flexibility index (Phi) is 4.98. The van der Waals surface area contributed by atoms with Gasteiger partial charge in [0.1, 0.15) is 6.04 Å². The van der Waals surface area contributed by atoms with Gasteiger partial charge in [-0.3, -0.25) is 0 Å². The summed E-state index contributed by atoms with van der Waals surface area (Å²) in [4.78, 5) is 11.0. The number of benzene rings is 1. The van der Waals surface area contributed by atoms with E-state index in [1.54, 1.807) is 24.3 Å². The maximum atomic E-state index is 11.0. The van der Waals surface area contributed by atoms with E-state index >= 15 is 0 Å². The van der Waals surface area contributed by atoms with E-state index in [9.17, 15) is 4.79 Å². The Morgan fingerprint density at radius 2 is 2.18 bits per heavy atom. The fourth-order valence-corrected chi connectivity index (χ4v) is 1.34. The number of rotatable bonds is 6. The van der Waals surface area contributed by atoms with E-state index in [2.05, 4.69) is 5.32 Å². The molecule has 2 N–H and O–H groups in total. The first kappa shape index (κ1) is 13.0. The zero-order chi connectivity index (χ0) is 12.7. The second-order valence-electron chi connectivity index (χ2n) is 3.51. The largest absolute Gasteiger partial charge is 0.480 e. The molecule has 17 heavy (non-hydrogen) atoms. The molecule has 1 rings (SSSR count). The summed E-state index contributed by atoms with van der Waals surface area (Å²) >= 11 is 0. The lowest BCUT2D eigenvalue weighted by Crippen LogP contribution is -2.30. The van der Waals surface area contributed by atoms with Crippen LogP contribution in [0.15, 0.2) is 24.3 Å². The second kappa shape index (κ2) is 6.51. The number of hydrogen-bond acceptors (Lipinski definition) is 4. The van der Waals surface area contributed by atoms with E-state index in [0.717, 1.165) is 0 Å². The SMILES string of the molecule is COCCC(Nc1ccc(C#N)cc1)C(=O)O. The van der Waals surface area contributed by atoms with Gasteiger partial charge in [-0.2, -0.15) is 5.26 Å². The number of methoxy groups -OCH3 is 1. The molecule has 0 fully saturated rings. The standard InChI is InChI=1S/C12H14N2O3/c1-17-7-6-11(12(15)16)14-10-4-2-9(8-13)3-5-10/h2-5,11,14H,6-7H2,1H3,(H,15,16). The Morgan fingerprint density at radius 1 is 1.53 bits per heavy atom. The van der Waals surface area contributed by atoms with E-state index < -0.39 is 12.0 Å². The minimum absolute atomic E-state index is 0.375. The zero-order valence-corrected chi connectivity index (χ0v) is 9.51. The van der Waals surface area contributed by atoms with Gasteiger partial charge < -0.3 is 15.2 Å². The highest BCUT2D eigenvalue weighted by atomic mass is 16.5. The summed E-state index contributed by atoms with van der Waals surface area (Å²) in [7, 11) is 1.53. The molecule has 1 aromatic rings. The summed E-state index contributed by atoms with van der Waals surface area (Å²) in [5.74, 6) is -0.925. The minimum Gasteiger partial charge on any atom is -0.480 e. The van der Waals surface area contributed by atoms with Gasteiger partial charge in [0, 0.05) is 25.8 Å². The monoisotopic (exact) mass is 234 g/mol. The first-order valence-corrected chi connectivity index (χ1v) is 5.16. The van der Waals surface area contributed by atoms with E-state index in [1.165, 1.54) is 7.11 Å². The molecule has 0 bridgehead atoms. The summed E-state index contributed by atoms with van der Waals surface area (Å²) < 4.78 is 4.85. The van der Waals surface area contributed by atoms with Crippen LogP contribution in [-0.2, 0) is 9.53 Å². The molecule has 5 nitrogen and oxygen atoms in total. The van der Waals surface area contributed by atoms with E-state index in [0.29, 0.717) is 24.3 Å². The molecular formula is C12H14N2O3. The van der Waals surface area contributed by atoms with Gasteiger partial charge in [0.25, 0.3) is 0 Å². The van der Waals surface area contributed by atoms with Gasteiger partial charge in [0.05, 0.1) is 11.6 Å². The number of ether oxygens (including phenoxy) is 1. The molecule has 0 spiro atoms. The fourth-order valence-electron chi connectivity index (χ4n) is 1.34. The number of nitriles is 1. The van der Waals surface area contributed by atoms with Crippen molar-refractivity contribution >= 4 is 11.7 Å². The van der Waals surface area contributed by atoms with Crippen molar-refractivity contribution in [3.8, 4) is 6.07 Å². The smallest absolute Gasteiger partial charge is 0.326 e. The molecule has 1 unspecified atom stereocenters. The highest BCUT2D eigenvalue weighted by Crippen LogP contribution is 2.11. The van der Waals surface area contributed by atoms with Gasteiger partial charge in [-0.1, -0.05) is 0 Å². The molecule has 0 aliphatic rings. The van der Waals surface area contributed by atoms with Crippen LogP contribution in [0.25, 0.3) is 0 Å². The normalized spacial score (nSPS) is 11.5. The lowest BCUT2D eigenvalue weighted by molar-refractivity contribution is -0.138. The molecule has 0 heterocycles. The molecule has 0 saturated heterocycles. The maximum Gasteiger partial charge on any atom is 0.326 e. The third-order valence-corrected chi connectivity index (χ3v) is 2.26. The van der Waals surface area contributed by atoms with Crippen molar-refractivity contribution < 1.29 is 14.6 Å². The van der Waals surface area contributed by atoms with Crippen molar-refractivity contribution in [3.63, 3.8) is 0 Å². The maximum absolute atomic E-state index is 11.0. The average molecular weight is 234 g/mol. The molecule has 5 heteroatoms. The number of aliphatic carboxylic acids is 1. The Bertz CT molecular complexity index is 409. The van der Waals surface area contributed by atoms with Crippen LogP contribution in [0.4, 0.5) is 5.69 Å². The molecule has 1 aromatic carbocycles. The topological polar surface area (TPSA) is 82.3 Å².